The molecule has 1 aliphatic heterocycles. The van der Waals surface area contributed by atoms with Crippen LogP contribution in [0.15, 0.2) is 36.5 Å². The van der Waals surface area contributed by atoms with E-state index in [1.54, 1.807) is 13.2 Å². The fourth-order valence-electron chi connectivity index (χ4n) is 3.08. The molecule has 2 aromatic rings. The Morgan fingerprint density at radius 1 is 1.39 bits per heavy atom. The predicted octanol–water partition coefficient (Wildman–Crippen LogP) is 2.48. The first-order valence-corrected chi connectivity index (χ1v) is 7.73. The van der Waals surface area contributed by atoms with Crippen molar-refractivity contribution >= 4 is 0 Å². The van der Waals surface area contributed by atoms with Crippen LogP contribution < -0.4 is 4.74 Å². The topological polar surface area (TPSA) is 50.4 Å². The number of benzene rings is 1. The standard InChI is InChI=1S/C18H21N3O2/c1-20-7-3-4-16(20)17-13-23-9-8-21(17)12-15-6-5-14(11-19)10-18(15)22-2/h3-7,10,17H,8-9,12-13H2,1-2H3. The Balaban J connectivity index is 1.85. The van der Waals surface area contributed by atoms with Crippen LogP contribution in [0.3, 0.4) is 0 Å². The van der Waals surface area contributed by atoms with Crippen LogP contribution in [0.25, 0.3) is 0 Å². The summed E-state index contributed by atoms with van der Waals surface area (Å²) in [5.41, 5.74) is 2.96. The number of ether oxygens (including phenoxy) is 2. The van der Waals surface area contributed by atoms with E-state index in [1.807, 2.05) is 12.1 Å². The molecule has 1 saturated heterocycles. The monoisotopic (exact) mass is 311 g/mol. The van der Waals surface area contributed by atoms with Crippen LogP contribution in [0.4, 0.5) is 0 Å². The summed E-state index contributed by atoms with van der Waals surface area (Å²) in [6.07, 6.45) is 2.06. The molecule has 0 aliphatic carbocycles. The van der Waals surface area contributed by atoms with Crippen LogP contribution in [0, 0.1) is 11.3 Å². The Morgan fingerprint density at radius 3 is 2.96 bits per heavy atom. The normalized spacial score (nSPS) is 18.6. The zero-order valence-electron chi connectivity index (χ0n) is 13.5. The molecule has 1 aromatic heterocycles. The minimum Gasteiger partial charge on any atom is -0.496 e. The van der Waals surface area contributed by atoms with Crippen LogP contribution in [0.2, 0.25) is 0 Å². The van der Waals surface area contributed by atoms with Crippen molar-refractivity contribution in [2.24, 2.45) is 7.05 Å². The van der Waals surface area contributed by atoms with Gasteiger partial charge in [0.25, 0.3) is 0 Å². The molecule has 1 unspecified atom stereocenters. The third-order valence-corrected chi connectivity index (χ3v) is 4.35. The second-order valence-electron chi connectivity index (χ2n) is 5.74. The predicted molar refractivity (Wildman–Crippen MR) is 87.1 cm³/mol. The molecule has 0 radical (unpaired) electrons. The summed E-state index contributed by atoms with van der Waals surface area (Å²) in [4.78, 5) is 2.41. The van der Waals surface area contributed by atoms with Crippen LogP contribution in [0.5, 0.6) is 5.75 Å². The van der Waals surface area contributed by atoms with E-state index in [0.29, 0.717) is 12.2 Å². The number of morpholine rings is 1. The van der Waals surface area contributed by atoms with Gasteiger partial charge in [-0.15, -0.1) is 0 Å². The van der Waals surface area contributed by atoms with E-state index in [4.69, 9.17) is 14.7 Å². The van der Waals surface area contributed by atoms with Crippen molar-refractivity contribution in [1.82, 2.24) is 9.47 Å². The molecule has 1 aromatic carbocycles. The van der Waals surface area contributed by atoms with Crippen LogP contribution in [-0.2, 0) is 18.3 Å². The summed E-state index contributed by atoms with van der Waals surface area (Å²) in [5, 5.41) is 9.03. The molecule has 5 nitrogen and oxygen atoms in total. The van der Waals surface area contributed by atoms with Gasteiger partial charge in [-0.2, -0.15) is 5.26 Å². The first-order valence-electron chi connectivity index (χ1n) is 7.73. The highest BCUT2D eigenvalue weighted by Gasteiger charge is 2.27. The number of aryl methyl sites for hydroxylation is 1. The first kappa shape index (κ1) is 15.6. The van der Waals surface area contributed by atoms with Gasteiger partial charge in [0.2, 0.25) is 0 Å². The van der Waals surface area contributed by atoms with Crippen molar-refractivity contribution in [2.45, 2.75) is 12.6 Å². The van der Waals surface area contributed by atoms with Crippen LogP contribution in [-0.4, -0.2) is 36.3 Å². The van der Waals surface area contributed by atoms with Crippen molar-refractivity contribution in [3.05, 3.63) is 53.3 Å². The quantitative estimate of drug-likeness (QED) is 0.870. The van der Waals surface area contributed by atoms with Gasteiger partial charge in [0.05, 0.1) is 38.0 Å². The SMILES string of the molecule is COc1cc(C#N)ccc1CN1CCOCC1c1cccn1C. The van der Waals surface area contributed by atoms with E-state index < -0.39 is 0 Å². The molecule has 0 N–H and O–H groups in total. The molecule has 0 saturated carbocycles. The van der Waals surface area contributed by atoms with Gasteiger partial charge in [-0.05, 0) is 24.3 Å². The lowest BCUT2D eigenvalue weighted by atomic mass is 10.1. The molecular weight excluding hydrogens is 290 g/mol. The molecule has 1 aliphatic rings. The van der Waals surface area contributed by atoms with Crippen LogP contribution >= 0.6 is 0 Å². The second-order valence-corrected chi connectivity index (χ2v) is 5.74. The molecular formula is C18H21N3O2. The van der Waals surface area contributed by atoms with E-state index in [2.05, 4.69) is 40.9 Å². The minimum atomic E-state index is 0.226. The van der Waals surface area contributed by atoms with Crippen molar-refractivity contribution in [2.75, 3.05) is 26.9 Å². The smallest absolute Gasteiger partial charge is 0.124 e. The third kappa shape index (κ3) is 3.24. The third-order valence-electron chi connectivity index (χ3n) is 4.35. The number of nitriles is 1. The maximum Gasteiger partial charge on any atom is 0.124 e. The highest BCUT2D eigenvalue weighted by Crippen LogP contribution is 2.29. The summed E-state index contributed by atoms with van der Waals surface area (Å²) >= 11 is 0. The Labute approximate surface area is 136 Å². The number of hydrogen-bond donors (Lipinski definition) is 0. The average Bonchev–Trinajstić information content (AvgIpc) is 3.01. The van der Waals surface area contributed by atoms with Gasteiger partial charge in [-0.25, -0.2) is 0 Å². The Bertz CT molecular complexity index is 717. The van der Waals surface area contributed by atoms with E-state index in [1.165, 1.54) is 5.69 Å². The molecule has 1 atom stereocenters. The first-order chi connectivity index (χ1) is 11.2. The lowest BCUT2D eigenvalue weighted by Crippen LogP contribution is -2.39. The molecule has 120 valence electrons. The zero-order chi connectivity index (χ0) is 16.2. The van der Waals surface area contributed by atoms with Gasteiger partial charge in [0.1, 0.15) is 5.75 Å². The Hall–Kier alpha value is -2.29. The number of hydrogen-bond acceptors (Lipinski definition) is 4. The molecule has 0 amide bonds. The van der Waals surface area contributed by atoms with Gasteiger partial charge in [0.15, 0.2) is 0 Å². The Kier molecular flexibility index (Phi) is 4.65. The van der Waals surface area contributed by atoms with Crippen molar-refractivity contribution in [1.29, 1.82) is 5.26 Å². The fourth-order valence-corrected chi connectivity index (χ4v) is 3.08. The summed E-state index contributed by atoms with van der Waals surface area (Å²) in [7, 11) is 3.71. The molecule has 23 heavy (non-hydrogen) atoms. The summed E-state index contributed by atoms with van der Waals surface area (Å²) in [6.45, 7) is 3.07. The summed E-state index contributed by atoms with van der Waals surface area (Å²) < 4.78 is 13.3. The maximum absolute atomic E-state index is 9.03. The minimum absolute atomic E-state index is 0.226. The number of aromatic nitrogens is 1. The molecule has 2 heterocycles. The van der Waals surface area contributed by atoms with Crippen molar-refractivity contribution in [3.8, 4) is 11.8 Å². The van der Waals surface area contributed by atoms with Crippen LogP contribution in [0.1, 0.15) is 22.9 Å². The zero-order valence-corrected chi connectivity index (χ0v) is 13.5. The van der Waals surface area contributed by atoms with E-state index in [0.717, 1.165) is 31.0 Å². The number of nitrogens with zero attached hydrogens (tertiary/aromatic N) is 3. The average molecular weight is 311 g/mol. The molecule has 0 bridgehead atoms. The van der Waals surface area contributed by atoms with E-state index in [-0.39, 0.29) is 6.04 Å². The van der Waals surface area contributed by atoms with Gasteiger partial charge >= 0.3 is 0 Å². The maximum atomic E-state index is 9.03. The van der Waals surface area contributed by atoms with Gasteiger partial charge in [-0.3, -0.25) is 4.90 Å². The largest absolute Gasteiger partial charge is 0.496 e. The van der Waals surface area contributed by atoms with Crippen molar-refractivity contribution < 1.29 is 9.47 Å². The van der Waals surface area contributed by atoms with E-state index >= 15 is 0 Å². The summed E-state index contributed by atoms with van der Waals surface area (Å²) in [5.74, 6) is 0.765. The highest BCUT2D eigenvalue weighted by molar-refractivity contribution is 5.42. The second kappa shape index (κ2) is 6.86. The molecule has 3 rings (SSSR count). The molecule has 0 spiro atoms. The molecule has 1 fully saturated rings. The lowest BCUT2D eigenvalue weighted by Gasteiger charge is -2.36. The Morgan fingerprint density at radius 2 is 2.26 bits per heavy atom. The molecule has 5 heteroatoms. The number of methoxy groups -OCH3 is 1. The van der Waals surface area contributed by atoms with Gasteiger partial charge in [0, 0.05) is 37.6 Å². The van der Waals surface area contributed by atoms with Gasteiger partial charge < -0.3 is 14.0 Å². The van der Waals surface area contributed by atoms with E-state index in [9.17, 15) is 0 Å². The highest BCUT2D eigenvalue weighted by atomic mass is 16.5. The summed E-state index contributed by atoms with van der Waals surface area (Å²) in [6, 6.07) is 12.2. The fraction of sp³-hybridized carbons (Fsp3) is 0.389. The number of rotatable bonds is 4. The van der Waals surface area contributed by atoms with Crippen molar-refractivity contribution in [3.63, 3.8) is 0 Å². The lowest BCUT2D eigenvalue weighted by molar-refractivity contribution is -0.0154. The van der Waals surface area contributed by atoms with Gasteiger partial charge in [-0.1, -0.05) is 6.07 Å².